The van der Waals surface area contributed by atoms with E-state index in [9.17, 15) is 4.79 Å². The molecule has 1 rings (SSSR count). The monoisotopic (exact) mass is 253 g/mol. The fraction of sp³-hybridized carbons (Fsp3) is 0.938. The Morgan fingerprint density at radius 3 is 2.17 bits per heavy atom. The second-order valence-corrected chi connectivity index (χ2v) is 7.94. The minimum Gasteiger partial charge on any atom is -0.298 e. The van der Waals surface area contributed by atoms with Crippen LogP contribution in [0, 0.1) is 16.7 Å². The smallest absolute Gasteiger partial charge is 0.152 e. The summed E-state index contributed by atoms with van der Waals surface area (Å²) in [6, 6.07) is 0. The summed E-state index contributed by atoms with van der Waals surface area (Å²) in [7, 11) is 0. The third-order valence-electron chi connectivity index (χ3n) is 4.25. The van der Waals surface area contributed by atoms with Gasteiger partial charge in [-0.15, -0.1) is 0 Å². The molecule has 0 saturated carbocycles. The summed E-state index contributed by atoms with van der Waals surface area (Å²) in [4.78, 5) is 14.4. The second-order valence-electron chi connectivity index (χ2n) is 7.94. The largest absolute Gasteiger partial charge is 0.298 e. The fourth-order valence-electron chi connectivity index (χ4n) is 2.62. The summed E-state index contributed by atoms with van der Waals surface area (Å²) in [5.74, 6) is 1.17. The number of hydrogen-bond acceptors (Lipinski definition) is 2. The molecular formula is C16H31NO. The van der Waals surface area contributed by atoms with Crippen molar-refractivity contribution in [2.24, 2.45) is 16.7 Å². The van der Waals surface area contributed by atoms with Crippen molar-refractivity contribution >= 4 is 5.78 Å². The summed E-state index contributed by atoms with van der Waals surface area (Å²) in [6.07, 6.45) is 3.78. The van der Waals surface area contributed by atoms with E-state index in [1.54, 1.807) is 0 Å². The molecule has 0 aromatic rings. The van der Waals surface area contributed by atoms with Crippen LogP contribution in [0.3, 0.4) is 0 Å². The third-order valence-corrected chi connectivity index (χ3v) is 4.25. The highest BCUT2D eigenvalue weighted by Gasteiger charge is 2.29. The topological polar surface area (TPSA) is 20.3 Å². The van der Waals surface area contributed by atoms with Crippen molar-refractivity contribution in [2.75, 3.05) is 19.6 Å². The van der Waals surface area contributed by atoms with E-state index in [2.05, 4.69) is 25.7 Å². The highest BCUT2D eigenvalue weighted by molar-refractivity contribution is 5.85. The zero-order chi connectivity index (χ0) is 14.0. The van der Waals surface area contributed by atoms with Gasteiger partial charge in [-0.05, 0) is 43.7 Å². The van der Waals surface area contributed by atoms with E-state index in [4.69, 9.17) is 0 Å². The van der Waals surface area contributed by atoms with Gasteiger partial charge in [0.1, 0.15) is 0 Å². The molecule has 2 nitrogen and oxygen atoms in total. The molecule has 1 atom stereocenters. The van der Waals surface area contributed by atoms with E-state index in [0.717, 1.165) is 19.0 Å². The van der Waals surface area contributed by atoms with E-state index in [0.29, 0.717) is 17.7 Å². The minimum absolute atomic E-state index is 0.199. The molecule has 1 heterocycles. The molecule has 1 saturated heterocycles. The zero-order valence-corrected chi connectivity index (χ0v) is 13.2. The average molecular weight is 253 g/mol. The maximum Gasteiger partial charge on any atom is 0.152 e. The van der Waals surface area contributed by atoms with Gasteiger partial charge in [0.05, 0.1) is 6.54 Å². The van der Waals surface area contributed by atoms with E-state index < -0.39 is 0 Å². The van der Waals surface area contributed by atoms with Crippen LogP contribution in [-0.2, 0) is 4.79 Å². The lowest BCUT2D eigenvalue weighted by atomic mass is 9.77. The van der Waals surface area contributed by atoms with Gasteiger partial charge < -0.3 is 0 Å². The van der Waals surface area contributed by atoms with Crippen LogP contribution in [0.1, 0.15) is 60.8 Å². The Bertz CT molecular complexity index is 282. The Kier molecular flexibility index (Phi) is 4.99. The quantitative estimate of drug-likeness (QED) is 0.747. The predicted octanol–water partition coefficient (Wildman–Crippen LogP) is 3.75. The predicted molar refractivity (Wildman–Crippen MR) is 77.7 cm³/mol. The zero-order valence-electron chi connectivity index (χ0n) is 13.2. The molecule has 0 aromatic carbocycles. The van der Waals surface area contributed by atoms with Crippen LogP contribution >= 0.6 is 0 Å². The lowest BCUT2D eigenvalue weighted by Crippen LogP contribution is -2.36. The minimum atomic E-state index is -0.199. The molecule has 0 aromatic heterocycles. The van der Waals surface area contributed by atoms with Gasteiger partial charge in [0.15, 0.2) is 5.78 Å². The maximum absolute atomic E-state index is 12.1. The summed E-state index contributed by atoms with van der Waals surface area (Å²) in [5, 5.41) is 0. The third kappa shape index (κ3) is 4.72. The second kappa shape index (κ2) is 5.73. The molecule has 2 heteroatoms. The summed E-state index contributed by atoms with van der Waals surface area (Å²) in [5.41, 5.74) is 0.208. The molecule has 1 aliphatic heterocycles. The summed E-state index contributed by atoms with van der Waals surface area (Å²) >= 11 is 0. The SMILES string of the molecule is CC(C)(C)C(=O)CN1CCCC(C(C)(C)C)CC1. The Labute approximate surface area is 113 Å². The number of hydrogen-bond donors (Lipinski definition) is 0. The van der Waals surface area contributed by atoms with Gasteiger partial charge in [-0.3, -0.25) is 9.69 Å². The van der Waals surface area contributed by atoms with Gasteiger partial charge in [-0.1, -0.05) is 41.5 Å². The van der Waals surface area contributed by atoms with Gasteiger partial charge in [0.25, 0.3) is 0 Å². The van der Waals surface area contributed by atoms with Crippen molar-refractivity contribution in [1.82, 2.24) is 4.90 Å². The van der Waals surface area contributed by atoms with Gasteiger partial charge in [-0.2, -0.15) is 0 Å². The lowest BCUT2D eigenvalue weighted by molar-refractivity contribution is -0.127. The van der Waals surface area contributed by atoms with E-state index in [1.807, 2.05) is 20.8 Å². The van der Waals surface area contributed by atoms with Crippen molar-refractivity contribution < 1.29 is 4.79 Å². The normalized spacial score (nSPS) is 23.8. The molecule has 0 N–H and O–H groups in total. The number of rotatable bonds is 2. The number of carbonyl (C=O) groups excluding carboxylic acids is 1. The standard InChI is InChI=1S/C16H31NO/c1-15(2,3)13-8-7-10-17(11-9-13)12-14(18)16(4,5)6/h13H,7-12H2,1-6H3. The molecule has 0 radical (unpaired) electrons. The first-order chi connectivity index (χ1) is 8.10. The van der Waals surface area contributed by atoms with Crippen LogP contribution in [0.15, 0.2) is 0 Å². The van der Waals surface area contributed by atoms with Crippen LogP contribution in [0.25, 0.3) is 0 Å². The molecule has 0 amide bonds. The maximum atomic E-state index is 12.1. The molecular weight excluding hydrogens is 222 g/mol. The van der Waals surface area contributed by atoms with Crippen LogP contribution in [0.2, 0.25) is 0 Å². The van der Waals surface area contributed by atoms with E-state index in [1.165, 1.54) is 19.3 Å². The molecule has 106 valence electrons. The number of ketones is 1. The van der Waals surface area contributed by atoms with Crippen LogP contribution in [0.5, 0.6) is 0 Å². The number of nitrogens with zero attached hydrogens (tertiary/aromatic N) is 1. The molecule has 0 bridgehead atoms. The molecule has 0 aliphatic carbocycles. The summed E-state index contributed by atoms with van der Waals surface area (Å²) < 4.78 is 0. The first-order valence-corrected chi connectivity index (χ1v) is 7.36. The van der Waals surface area contributed by atoms with Crippen molar-refractivity contribution in [3.05, 3.63) is 0 Å². The first kappa shape index (κ1) is 15.7. The number of carbonyl (C=O) groups is 1. The van der Waals surface area contributed by atoms with E-state index >= 15 is 0 Å². The Morgan fingerprint density at radius 2 is 1.67 bits per heavy atom. The van der Waals surface area contributed by atoms with Crippen molar-refractivity contribution in [3.8, 4) is 0 Å². The lowest BCUT2D eigenvalue weighted by Gasteiger charge is -2.30. The van der Waals surface area contributed by atoms with Crippen LogP contribution in [0.4, 0.5) is 0 Å². The van der Waals surface area contributed by atoms with Crippen LogP contribution in [-0.4, -0.2) is 30.3 Å². The fourth-order valence-corrected chi connectivity index (χ4v) is 2.62. The van der Waals surface area contributed by atoms with Crippen molar-refractivity contribution in [3.63, 3.8) is 0 Å². The Morgan fingerprint density at radius 1 is 1.06 bits per heavy atom. The molecule has 1 fully saturated rings. The molecule has 1 aliphatic rings. The summed E-state index contributed by atoms with van der Waals surface area (Å²) in [6.45, 7) is 15.9. The Balaban J connectivity index is 2.50. The van der Waals surface area contributed by atoms with Gasteiger partial charge >= 0.3 is 0 Å². The molecule has 0 spiro atoms. The van der Waals surface area contributed by atoms with Crippen molar-refractivity contribution in [1.29, 1.82) is 0 Å². The highest BCUT2D eigenvalue weighted by atomic mass is 16.1. The number of Topliss-reactive ketones (excluding diaryl/α,β-unsaturated/α-hetero) is 1. The first-order valence-electron chi connectivity index (χ1n) is 7.36. The van der Waals surface area contributed by atoms with Crippen LogP contribution < -0.4 is 0 Å². The Hall–Kier alpha value is -0.370. The van der Waals surface area contributed by atoms with Crippen molar-refractivity contribution in [2.45, 2.75) is 60.8 Å². The van der Waals surface area contributed by atoms with Gasteiger partial charge in [0, 0.05) is 5.41 Å². The van der Waals surface area contributed by atoms with E-state index in [-0.39, 0.29) is 5.41 Å². The molecule has 1 unspecified atom stereocenters. The highest BCUT2D eigenvalue weighted by Crippen LogP contribution is 2.34. The molecule has 18 heavy (non-hydrogen) atoms. The van der Waals surface area contributed by atoms with Gasteiger partial charge in [-0.25, -0.2) is 0 Å². The number of likely N-dealkylation sites (tertiary alicyclic amines) is 1. The van der Waals surface area contributed by atoms with Gasteiger partial charge in [0.2, 0.25) is 0 Å². The average Bonchev–Trinajstić information content (AvgIpc) is 2.40.